The van der Waals surface area contributed by atoms with E-state index in [-0.39, 0.29) is 18.0 Å². The summed E-state index contributed by atoms with van der Waals surface area (Å²) < 4.78 is 24.2. The molecule has 1 aromatic rings. The number of aromatic carboxylic acids is 1. The standard InChI is InChI=1S/C15H18F2N2O3/c16-13(17)14(20)18-7-10-5-6-19(8-10)9-11-3-1-2-4-12(11)15(21)22/h1-4,10,13H,5-9H2,(H,18,20)(H,21,22)/t10-/m0/s1. The first-order chi connectivity index (χ1) is 10.5. The van der Waals surface area contributed by atoms with Crippen LogP contribution in [0, 0.1) is 5.92 Å². The van der Waals surface area contributed by atoms with Gasteiger partial charge in [-0.05, 0) is 30.5 Å². The van der Waals surface area contributed by atoms with Crippen LogP contribution in [0.4, 0.5) is 8.78 Å². The monoisotopic (exact) mass is 312 g/mol. The van der Waals surface area contributed by atoms with Gasteiger partial charge in [0.2, 0.25) is 0 Å². The van der Waals surface area contributed by atoms with Crippen molar-refractivity contribution in [2.24, 2.45) is 5.92 Å². The predicted octanol–water partition coefficient (Wildman–Crippen LogP) is 1.59. The van der Waals surface area contributed by atoms with Crippen LogP contribution in [-0.2, 0) is 11.3 Å². The van der Waals surface area contributed by atoms with Crippen LogP contribution in [0.1, 0.15) is 22.3 Å². The first-order valence-corrected chi connectivity index (χ1v) is 7.06. The van der Waals surface area contributed by atoms with Crippen molar-refractivity contribution in [3.05, 3.63) is 35.4 Å². The number of hydrogen-bond acceptors (Lipinski definition) is 3. The van der Waals surface area contributed by atoms with Crippen LogP contribution in [0.15, 0.2) is 24.3 Å². The zero-order valence-electron chi connectivity index (χ0n) is 12.0. The number of rotatable bonds is 6. The molecule has 0 unspecified atom stereocenters. The lowest BCUT2D eigenvalue weighted by Crippen LogP contribution is -2.34. The summed E-state index contributed by atoms with van der Waals surface area (Å²) in [5.74, 6) is -2.09. The summed E-state index contributed by atoms with van der Waals surface area (Å²) in [4.78, 5) is 24.1. The lowest BCUT2D eigenvalue weighted by Gasteiger charge is -2.17. The maximum Gasteiger partial charge on any atom is 0.336 e. The molecule has 22 heavy (non-hydrogen) atoms. The maximum absolute atomic E-state index is 12.1. The molecule has 1 aliphatic heterocycles. The Bertz CT molecular complexity index is 551. The molecule has 1 fully saturated rings. The summed E-state index contributed by atoms with van der Waals surface area (Å²) in [6.45, 7) is 2.13. The van der Waals surface area contributed by atoms with Gasteiger partial charge in [0.1, 0.15) is 0 Å². The van der Waals surface area contributed by atoms with Crippen molar-refractivity contribution in [1.29, 1.82) is 0 Å². The van der Waals surface area contributed by atoms with Crippen molar-refractivity contribution in [3.63, 3.8) is 0 Å². The van der Waals surface area contributed by atoms with Gasteiger partial charge in [0.25, 0.3) is 5.91 Å². The molecule has 1 atom stereocenters. The number of carbonyl (C=O) groups is 2. The largest absolute Gasteiger partial charge is 0.478 e. The number of carboxylic acids is 1. The fourth-order valence-corrected chi connectivity index (χ4v) is 2.65. The van der Waals surface area contributed by atoms with Crippen molar-refractivity contribution in [1.82, 2.24) is 10.2 Å². The van der Waals surface area contributed by atoms with Crippen LogP contribution in [-0.4, -0.2) is 47.9 Å². The van der Waals surface area contributed by atoms with E-state index in [9.17, 15) is 18.4 Å². The molecule has 1 heterocycles. The molecule has 0 bridgehead atoms. The number of nitrogens with zero attached hydrogens (tertiary/aromatic N) is 1. The van der Waals surface area contributed by atoms with E-state index in [1.54, 1.807) is 24.3 Å². The van der Waals surface area contributed by atoms with Gasteiger partial charge in [0.15, 0.2) is 0 Å². The summed E-state index contributed by atoms with van der Waals surface area (Å²) in [6, 6.07) is 6.81. The Morgan fingerprint density at radius 3 is 2.77 bits per heavy atom. The molecule has 7 heteroatoms. The fraction of sp³-hybridized carbons (Fsp3) is 0.467. The highest BCUT2D eigenvalue weighted by atomic mass is 19.3. The summed E-state index contributed by atoms with van der Waals surface area (Å²) in [5.41, 5.74) is 1.00. The average Bonchev–Trinajstić information content (AvgIpc) is 2.92. The number of alkyl halides is 2. The number of halogens is 2. The first kappa shape index (κ1) is 16.4. The molecule has 1 aromatic carbocycles. The molecule has 0 spiro atoms. The zero-order valence-corrected chi connectivity index (χ0v) is 12.0. The molecule has 1 saturated heterocycles. The Morgan fingerprint density at radius 2 is 2.09 bits per heavy atom. The van der Waals surface area contributed by atoms with Crippen molar-refractivity contribution < 1.29 is 23.5 Å². The van der Waals surface area contributed by atoms with E-state index in [0.29, 0.717) is 13.1 Å². The highest BCUT2D eigenvalue weighted by Gasteiger charge is 2.25. The van der Waals surface area contributed by atoms with Gasteiger partial charge in [0, 0.05) is 19.6 Å². The SMILES string of the molecule is O=C(O)c1ccccc1CN1CC[C@@H](CNC(=O)C(F)F)C1. The average molecular weight is 312 g/mol. The molecule has 2 rings (SSSR count). The van der Waals surface area contributed by atoms with Gasteiger partial charge in [-0.25, -0.2) is 4.79 Å². The molecule has 2 N–H and O–H groups in total. The van der Waals surface area contributed by atoms with E-state index in [0.717, 1.165) is 18.5 Å². The van der Waals surface area contributed by atoms with Crippen LogP contribution in [0.25, 0.3) is 0 Å². The Hall–Kier alpha value is -2.02. The third-order valence-corrected chi connectivity index (χ3v) is 3.77. The molecule has 1 aliphatic rings. The Kier molecular flexibility index (Phi) is 5.43. The van der Waals surface area contributed by atoms with E-state index in [2.05, 4.69) is 10.2 Å². The second-order valence-corrected chi connectivity index (χ2v) is 5.40. The second-order valence-electron chi connectivity index (χ2n) is 5.40. The molecule has 0 aromatic heterocycles. The van der Waals surface area contributed by atoms with Gasteiger partial charge < -0.3 is 10.4 Å². The van der Waals surface area contributed by atoms with Crippen LogP contribution < -0.4 is 5.32 Å². The molecule has 0 aliphatic carbocycles. The predicted molar refractivity (Wildman–Crippen MR) is 75.8 cm³/mol. The van der Waals surface area contributed by atoms with Gasteiger partial charge in [-0.3, -0.25) is 9.69 Å². The quantitative estimate of drug-likeness (QED) is 0.837. The lowest BCUT2D eigenvalue weighted by atomic mass is 10.1. The number of amides is 1. The third kappa shape index (κ3) is 4.24. The summed E-state index contributed by atoms with van der Waals surface area (Å²) in [7, 11) is 0. The molecule has 1 amide bonds. The van der Waals surface area contributed by atoms with Crippen molar-refractivity contribution in [3.8, 4) is 0 Å². The van der Waals surface area contributed by atoms with E-state index in [1.165, 1.54) is 0 Å². The minimum Gasteiger partial charge on any atom is -0.478 e. The van der Waals surface area contributed by atoms with Gasteiger partial charge in [-0.15, -0.1) is 0 Å². The molecule has 0 radical (unpaired) electrons. The highest BCUT2D eigenvalue weighted by molar-refractivity contribution is 5.89. The molecule has 5 nitrogen and oxygen atoms in total. The Morgan fingerprint density at radius 1 is 1.36 bits per heavy atom. The van der Waals surface area contributed by atoms with Crippen molar-refractivity contribution >= 4 is 11.9 Å². The summed E-state index contributed by atoms with van der Waals surface area (Å²) in [6.07, 6.45) is -2.20. The Labute approximate surface area is 126 Å². The smallest absolute Gasteiger partial charge is 0.336 e. The number of carbonyl (C=O) groups excluding carboxylic acids is 1. The maximum atomic E-state index is 12.1. The van der Waals surface area contributed by atoms with Crippen LogP contribution in [0.3, 0.4) is 0 Å². The summed E-state index contributed by atoms with van der Waals surface area (Å²) in [5, 5.41) is 11.4. The van der Waals surface area contributed by atoms with Crippen molar-refractivity contribution in [2.45, 2.75) is 19.4 Å². The zero-order chi connectivity index (χ0) is 16.1. The van der Waals surface area contributed by atoms with Crippen LogP contribution in [0.2, 0.25) is 0 Å². The van der Waals surface area contributed by atoms with Gasteiger partial charge in [0.05, 0.1) is 5.56 Å². The number of benzene rings is 1. The Balaban J connectivity index is 1.87. The van der Waals surface area contributed by atoms with Gasteiger partial charge in [-0.1, -0.05) is 18.2 Å². The third-order valence-electron chi connectivity index (χ3n) is 3.77. The number of carboxylic acid groups (broad SMARTS) is 1. The first-order valence-electron chi connectivity index (χ1n) is 7.06. The van der Waals surface area contributed by atoms with E-state index >= 15 is 0 Å². The van der Waals surface area contributed by atoms with Crippen LogP contribution in [0.5, 0.6) is 0 Å². The van der Waals surface area contributed by atoms with Crippen molar-refractivity contribution in [2.75, 3.05) is 19.6 Å². The number of hydrogen-bond donors (Lipinski definition) is 2. The lowest BCUT2D eigenvalue weighted by molar-refractivity contribution is -0.131. The normalized spacial score (nSPS) is 18.6. The van der Waals surface area contributed by atoms with Crippen LogP contribution >= 0.6 is 0 Å². The second kappa shape index (κ2) is 7.31. The molecule has 0 saturated carbocycles. The molecular weight excluding hydrogens is 294 g/mol. The van der Waals surface area contributed by atoms with E-state index in [1.807, 2.05) is 0 Å². The number of nitrogens with one attached hydrogen (secondary N) is 1. The highest BCUT2D eigenvalue weighted by Crippen LogP contribution is 2.20. The van der Waals surface area contributed by atoms with Gasteiger partial charge in [-0.2, -0.15) is 8.78 Å². The summed E-state index contributed by atoms with van der Waals surface area (Å²) >= 11 is 0. The van der Waals surface area contributed by atoms with Gasteiger partial charge >= 0.3 is 12.4 Å². The minimum atomic E-state index is -2.99. The number of likely N-dealkylation sites (tertiary alicyclic amines) is 1. The minimum absolute atomic E-state index is 0.111. The topological polar surface area (TPSA) is 69.6 Å². The fourth-order valence-electron chi connectivity index (χ4n) is 2.65. The van der Waals surface area contributed by atoms with E-state index < -0.39 is 18.3 Å². The van der Waals surface area contributed by atoms with E-state index in [4.69, 9.17) is 5.11 Å². The molecule has 120 valence electrons. The molecular formula is C15H18F2N2O3.